The third-order valence-corrected chi connectivity index (χ3v) is 5.93. The number of nitrogens with two attached hydrogens (primary N) is 1. The Morgan fingerprint density at radius 3 is 2.62 bits per heavy atom. The summed E-state index contributed by atoms with van der Waals surface area (Å²) in [7, 11) is 0. The van der Waals surface area contributed by atoms with Crippen LogP contribution in [0.3, 0.4) is 0 Å². The van der Waals surface area contributed by atoms with Crippen molar-refractivity contribution in [2.45, 2.75) is 38.6 Å². The van der Waals surface area contributed by atoms with E-state index >= 15 is 0 Å². The van der Waals surface area contributed by atoms with E-state index in [9.17, 15) is 19.5 Å². The molecule has 5 N–H and O–H groups in total. The van der Waals surface area contributed by atoms with Gasteiger partial charge in [-0.25, -0.2) is 4.98 Å². The maximum Gasteiger partial charge on any atom is 0.311 e. The first-order valence-corrected chi connectivity index (χ1v) is 10.3. The van der Waals surface area contributed by atoms with Crippen LogP contribution in [0, 0.1) is 5.41 Å². The van der Waals surface area contributed by atoms with E-state index in [-0.39, 0.29) is 12.3 Å². The summed E-state index contributed by atoms with van der Waals surface area (Å²) in [4.78, 5) is 44.2. The maximum absolute atomic E-state index is 12.1. The molecule has 1 unspecified atom stereocenters. The molecule has 0 spiro atoms. The van der Waals surface area contributed by atoms with Gasteiger partial charge in [0, 0.05) is 42.5 Å². The topological polar surface area (TPSA) is 152 Å². The number of aromatic nitrogens is 3. The molecule has 2 aromatic heterocycles. The minimum atomic E-state index is -1.05. The number of carboxylic acids is 1. The van der Waals surface area contributed by atoms with Gasteiger partial charge in [0.05, 0.1) is 11.5 Å². The van der Waals surface area contributed by atoms with Crippen molar-refractivity contribution in [1.29, 1.82) is 0 Å². The van der Waals surface area contributed by atoms with Crippen molar-refractivity contribution < 1.29 is 19.5 Å². The predicted molar refractivity (Wildman–Crippen MR) is 118 cm³/mol. The van der Waals surface area contributed by atoms with E-state index in [1.807, 2.05) is 6.07 Å². The first kappa shape index (κ1) is 21.3. The zero-order valence-electron chi connectivity index (χ0n) is 17.5. The fourth-order valence-corrected chi connectivity index (χ4v) is 4.25. The molecular formula is C22H24N6O4. The SMILES string of the molecule is CC(=O)Nc1cccc(Nc2ncc3ccn(C(CC(N)=O)C4(C(=O)O)CCC4)c3n2)c1. The number of fused-ring (bicyclic) bond motifs is 1. The van der Waals surface area contributed by atoms with Crippen LogP contribution in [0.15, 0.2) is 42.7 Å². The lowest BCUT2D eigenvalue weighted by molar-refractivity contribution is -0.159. The number of nitrogens with zero attached hydrogens (tertiary/aromatic N) is 3. The van der Waals surface area contributed by atoms with E-state index in [1.165, 1.54) is 6.92 Å². The first-order valence-electron chi connectivity index (χ1n) is 10.3. The largest absolute Gasteiger partial charge is 0.481 e. The lowest BCUT2D eigenvalue weighted by Gasteiger charge is -2.44. The minimum absolute atomic E-state index is 0.0956. The second kappa shape index (κ2) is 8.29. The second-order valence-corrected chi connectivity index (χ2v) is 8.08. The highest BCUT2D eigenvalue weighted by atomic mass is 16.4. The van der Waals surface area contributed by atoms with Crippen molar-refractivity contribution in [3.05, 3.63) is 42.7 Å². The van der Waals surface area contributed by atoms with Gasteiger partial charge < -0.3 is 26.0 Å². The highest BCUT2D eigenvalue weighted by Crippen LogP contribution is 2.51. The van der Waals surface area contributed by atoms with Gasteiger partial charge in [0.1, 0.15) is 5.65 Å². The number of carbonyl (C=O) groups excluding carboxylic acids is 2. The average Bonchev–Trinajstić information content (AvgIpc) is 3.08. The monoisotopic (exact) mass is 436 g/mol. The molecule has 1 atom stereocenters. The van der Waals surface area contributed by atoms with Gasteiger partial charge in [-0.05, 0) is 37.1 Å². The molecule has 1 aromatic carbocycles. The molecule has 0 radical (unpaired) electrons. The van der Waals surface area contributed by atoms with Gasteiger partial charge in [0.25, 0.3) is 0 Å². The minimum Gasteiger partial charge on any atom is -0.481 e. The Morgan fingerprint density at radius 2 is 2.00 bits per heavy atom. The number of benzene rings is 1. The number of aliphatic carboxylic acids is 1. The Kier molecular flexibility index (Phi) is 5.52. The predicted octanol–water partition coefficient (Wildman–Crippen LogP) is 2.80. The molecule has 10 heteroatoms. The number of nitrogens with one attached hydrogen (secondary N) is 2. The molecule has 166 valence electrons. The summed E-state index contributed by atoms with van der Waals surface area (Å²) in [5.74, 6) is -1.37. The summed E-state index contributed by atoms with van der Waals surface area (Å²) in [6.45, 7) is 1.43. The van der Waals surface area contributed by atoms with Crippen molar-refractivity contribution in [3.63, 3.8) is 0 Å². The molecule has 1 fully saturated rings. The fourth-order valence-electron chi connectivity index (χ4n) is 4.25. The molecule has 0 aliphatic heterocycles. The molecule has 3 aromatic rings. The zero-order valence-corrected chi connectivity index (χ0v) is 17.5. The molecule has 10 nitrogen and oxygen atoms in total. The van der Waals surface area contributed by atoms with Gasteiger partial charge in [-0.3, -0.25) is 14.4 Å². The molecular weight excluding hydrogens is 412 g/mol. The standard InChI is InChI=1S/C22H24N6O4/c1-13(29)25-15-4-2-5-16(10-15)26-21-24-12-14-6-9-28(19(14)27-21)17(11-18(23)30)22(20(31)32)7-3-8-22/h2,4-6,9-10,12,17H,3,7-8,11H2,1H3,(H2,23,30)(H,25,29)(H,31,32)(H,24,26,27). The highest BCUT2D eigenvalue weighted by Gasteiger charge is 2.52. The summed E-state index contributed by atoms with van der Waals surface area (Å²) in [5.41, 5.74) is 6.24. The maximum atomic E-state index is 12.1. The Morgan fingerprint density at radius 1 is 1.25 bits per heavy atom. The number of carbonyl (C=O) groups is 3. The van der Waals surface area contributed by atoms with Gasteiger partial charge in [0.15, 0.2) is 0 Å². The van der Waals surface area contributed by atoms with Crippen LogP contribution in [0.25, 0.3) is 11.0 Å². The van der Waals surface area contributed by atoms with Gasteiger partial charge in [-0.2, -0.15) is 4.98 Å². The molecule has 1 aliphatic carbocycles. The molecule has 0 bridgehead atoms. The van der Waals surface area contributed by atoms with Crippen molar-refractivity contribution in [3.8, 4) is 0 Å². The van der Waals surface area contributed by atoms with Gasteiger partial charge in [-0.15, -0.1) is 0 Å². The molecule has 1 aliphatic rings. The van der Waals surface area contributed by atoms with E-state index in [4.69, 9.17) is 5.73 Å². The molecule has 2 amide bonds. The second-order valence-electron chi connectivity index (χ2n) is 8.08. The number of amides is 2. The quantitative estimate of drug-likeness (QED) is 0.423. The van der Waals surface area contributed by atoms with Crippen LogP contribution in [0.2, 0.25) is 0 Å². The van der Waals surface area contributed by atoms with Crippen molar-refractivity contribution in [1.82, 2.24) is 14.5 Å². The van der Waals surface area contributed by atoms with Gasteiger partial charge in [0.2, 0.25) is 17.8 Å². The van der Waals surface area contributed by atoms with Crippen molar-refractivity contribution in [2.24, 2.45) is 11.1 Å². The van der Waals surface area contributed by atoms with Crippen LogP contribution in [0.4, 0.5) is 17.3 Å². The summed E-state index contributed by atoms with van der Waals surface area (Å²) >= 11 is 0. The molecule has 4 rings (SSSR count). The molecule has 1 saturated carbocycles. The Hall–Kier alpha value is -3.95. The first-order chi connectivity index (χ1) is 15.3. The zero-order chi connectivity index (χ0) is 22.9. The normalized spacial score (nSPS) is 15.5. The number of hydrogen-bond donors (Lipinski definition) is 4. The van der Waals surface area contributed by atoms with E-state index in [0.717, 1.165) is 11.8 Å². The fraction of sp³-hybridized carbons (Fsp3) is 0.318. The van der Waals surface area contributed by atoms with Crippen molar-refractivity contribution in [2.75, 3.05) is 10.6 Å². The Labute approximate surface area is 183 Å². The van der Waals surface area contributed by atoms with Crippen LogP contribution >= 0.6 is 0 Å². The van der Waals surface area contributed by atoms with Crippen LogP contribution in [0.1, 0.15) is 38.6 Å². The van der Waals surface area contributed by atoms with Gasteiger partial charge >= 0.3 is 5.97 Å². The molecule has 0 saturated heterocycles. The smallest absolute Gasteiger partial charge is 0.311 e. The van der Waals surface area contributed by atoms with E-state index < -0.39 is 23.3 Å². The number of primary amides is 1. The lowest BCUT2D eigenvalue weighted by atomic mass is 9.63. The van der Waals surface area contributed by atoms with E-state index in [1.54, 1.807) is 41.2 Å². The van der Waals surface area contributed by atoms with Crippen molar-refractivity contribution >= 4 is 46.1 Å². The van der Waals surface area contributed by atoms with Crippen LogP contribution in [-0.4, -0.2) is 37.4 Å². The Balaban J connectivity index is 1.70. The summed E-state index contributed by atoms with van der Waals surface area (Å²) < 4.78 is 1.73. The molecule has 2 heterocycles. The number of hydrogen-bond acceptors (Lipinski definition) is 6. The van der Waals surface area contributed by atoms with Gasteiger partial charge in [-0.1, -0.05) is 12.5 Å². The lowest BCUT2D eigenvalue weighted by Crippen LogP contribution is -2.46. The summed E-state index contributed by atoms with van der Waals surface area (Å²) in [5, 5.41) is 16.5. The third kappa shape index (κ3) is 3.98. The summed E-state index contributed by atoms with van der Waals surface area (Å²) in [6.07, 6.45) is 5.01. The average molecular weight is 436 g/mol. The highest BCUT2D eigenvalue weighted by molar-refractivity contribution is 5.89. The van der Waals surface area contributed by atoms with E-state index in [0.29, 0.717) is 35.8 Å². The Bertz CT molecular complexity index is 1200. The third-order valence-electron chi connectivity index (χ3n) is 5.93. The van der Waals surface area contributed by atoms with Crippen LogP contribution in [-0.2, 0) is 14.4 Å². The molecule has 32 heavy (non-hydrogen) atoms. The number of rotatable bonds is 8. The summed E-state index contributed by atoms with van der Waals surface area (Å²) in [6, 6.07) is 8.25. The van der Waals surface area contributed by atoms with Crippen LogP contribution in [0.5, 0.6) is 0 Å². The van der Waals surface area contributed by atoms with E-state index in [2.05, 4.69) is 20.6 Å². The number of anilines is 3. The van der Waals surface area contributed by atoms with Crippen LogP contribution < -0.4 is 16.4 Å². The number of carboxylic acid groups (broad SMARTS) is 1.